The smallest absolute Gasteiger partial charge is 0.238 e. The number of rotatable bonds is 5. The van der Waals surface area contributed by atoms with Gasteiger partial charge in [0.25, 0.3) is 0 Å². The lowest BCUT2D eigenvalue weighted by Crippen LogP contribution is -2.39. The maximum absolute atomic E-state index is 12.3. The summed E-state index contributed by atoms with van der Waals surface area (Å²) in [5.74, 6) is 0.771. The SMILES string of the molecule is Cc1cc(Cl)ccc1NC(=O)CN1CCC(Cc2ccccc2)CC1. The van der Waals surface area contributed by atoms with Gasteiger partial charge in [0.2, 0.25) is 5.91 Å². The number of nitrogens with one attached hydrogen (secondary N) is 1. The zero-order valence-electron chi connectivity index (χ0n) is 14.7. The van der Waals surface area contributed by atoms with Gasteiger partial charge in [0.05, 0.1) is 6.54 Å². The fourth-order valence-corrected chi connectivity index (χ4v) is 3.68. The Morgan fingerprint density at radius 2 is 1.88 bits per heavy atom. The summed E-state index contributed by atoms with van der Waals surface area (Å²) in [6.45, 7) is 4.39. The van der Waals surface area contributed by atoms with Gasteiger partial charge in [0.1, 0.15) is 0 Å². The molecule has 3 nitrogen and oxygen atoms in total. The number of anilines is 1. The number of nitrogens with zero attached hydrogens (tertiary/aromatic N) is 1. The maximum Gasteiger partial charge on any atom is 0.238 e. The van der Waals surface area contributed by atoms with Gasteiger partial charge in [-0.25, -0.2) is 0 Å². The molecule has 3 rings (SSSR count). The Bertz CT molecular complexity index is 709. The first-order chi connectivity index (χ1) is 12.1. The van der Waals surface area contributed by atoms with Crippen molar-refractivity contribution in [2.24, 2.45) is 5.92 Å². The largest absolute Gasteiger partial charge is 0.325 e. The molecule has 1 amide bonds. The molecule has 0 radical (unpaired) electrons. The second kappa shape index (κ2) is 8.50. The van der Waals surface area contributed by atoms with Crippen LogP contribution >= 0.6 is 11.6 Å². The predicted octanol–water partition coefficient (Wildman–Crippen LogP) is 4.54. The lowest BCUT2D eigenvalue weighted by atomic mass is 9.90. The van der Waals surface area contributed by atoms with Crippen LogP contribution in [0, 0.1) is 12.8 Å². The lowest BCUT2D eigenvalue weighted by molar-refractivity contribution is -0.117. The van der Waals surface area contributed by atoms with E-state index in [4.69, 9.17) is 11.6 Å². The standard InChI is InChI=1S/C21H25ClN2O/c1-16-13-19(22)7-8-20(16)23-21(25)15-24-11-9-18(10-12-24)14-17-5-3-2-4-6-17/h2-8,13,18H,9-12,14-15H2,1H3,(H,23,25). The molecule has 2 aromatic carbocycles. The van der Waals surface area contributed by atoms with Gasteiger partial charge in [-0.3, -0.25) is 9.69 Å². The Morgan fingerprint density at radius 1 is 1.16 bits per heavy atom. The summed E-state index contributed by atoms with van der Waals surface area (Å²) >= 11 is 5.96. The van der Waals surface area contributed by atoms with Crippen LogP contribution in [0.2, 0.25) is 5.02 Å². The molecule has 132 valence electrons. The second-order valence-corrected chi connectivity index (χ2v) is 7.35. The molecule has 0 spiro atoms. The van der Waals surface area contributed by atoms with Crippen LogP contribution in [0.25, 0.3) is 0 Å². The van der Waals surface area contributed by atoms with E-state index in [9.17, 15) is 4.79 Å². The molecule has 1 saturated heterocycles. The molecule has 0 atom stereocenters. The number of amides is 1. The molecular formula is C21H25ClN2O. The van der Waals surface area contributed by atoms with E-state index in [1.165, 1.54) is 5.56 Å². The van der Waals surface area contributed by atoms with E-state index in [1.54, 1.807) is 6.07 Å². The van der Waals surface area contributed by atoms with E-state index in [0.29, 0.717) is 11.6 Å². The van der Waals surface area contributed by atoms with Crippen molar-refractivity contribution in [2.45, 2.75) is 26.2 Å². The minimum absolute atomic E-state index is 0.0481. The minimum Gasteiger partial charge on any atom is -0.325 e. The monoisotopic (exact) mass is 356 g/mol. The van der Waals surface area contributed by atoms with Crippen LogP contribution in [-0.2, 0) is 11.2 Å². The number of halogens is 1. The van der Waals surface area contributed by atoms with Gasteiger partial charge in [-0.15, -0.1) is 0 Å². The summed E-state index contributed by atoms with van der Waals surface area (Å²) in [6, 6.07) is 16.2. The zero-order chi connectivity index (χ0) is 17.6. The number of likely N-dealkylation sites (tertiary alicyclic amines) is 1. The number of benzene rings is 2. The molecule has 0 aliphatic carbocycles. The van der Waals surface area contributed by atoms with Crippen molar-refractivity contribution in [1.82, 2.24) is 4.90 Å². The van der Waals surface area contributed by atoms with Gasteiger partial charge < -0.3 is 5.32 Å². The summed E-state index contributed by atoms with van der Waals surface area (Å²) < 4.78 is 0. The first-order valence-corrected chi connectivity index (χ1v) is 9.30. The van der Waals surface area contributed by atoms with Gasteiger partial charge in [0, 0.05) is 10.7 Å². The van der Waals surface area contributed by atoms with Gasteiger partial charge in [-0.1, -0.05) is 41.9 Å². The summed E-state index contributed by atoms with van der Waals surface area (Å²) in [7, 11) is 0. The molecule has 1 N–H and O–H groups in total. The molecule has 25 heavy (non-hydrogen) atoms. The molecule has 0 saturated carbocycles. The highest BCUT2D eigenvalue weighted by Crippen LogP contribution is 2.22. The van der Waals surface area contributed by atoms with Gasteiger partial charge >= 0.3 is 0 Å². The Morgan fingerprint density at radius 3 is 2.56 bits per heavy atom. The van der Waals surface area contributed by atoms with Crippen LogP contribution in [0.3, 0.4) is 0 Å². The number of aryl methyl sites for hydroxylation is 1. The minimum atomic E-state index is 0.0481. The van der Waals surface area contributed by atoms with E-state index in [1.807, 2.05) is 19.1 Å². The fraction of sp³-hybridized carbons (Fsp3) is 0.381. The first-order valence-electron chi connectivity index (χ1n) is 8.92. The quantitative estimate of drug-likeness (QED) is 0.852. The Labute approximate surface area is 155 Å². The molecule has 1 aliphatic rings. The van der Waals surface area contributed by atoms with Crippen molar-refractivity contribution < 1.29 is 4.79 Å². The fourth-order valence-electron chi connectivity index (χ4n) is 3.46. The zero-order valence-corrected chi connectivity index (χ0v) is 15.4. The number of carbonyl (C=O) groups excluding carboxylic acids is 1. The normalized spacial score (nSPS) is 15.9. The van der Waals surface area contributed by atoms with Crippen LogP contribution in [0.1, 0.15) is 24.0 Å². The number of carbonyl (C=O) groups is 1. The number of piperidine rings is 1. The van der Waals surface area contributed by atoms with Crippen LogP contribution in [0.15, 0.2) is 48.5 Å². The Kier molecular flexibility index (Phi) is 6.11. The van der Waals surface area contributed by atoms with Gasteiger partial charge in [-0.05, 0) is 74.5 Å². The average Bonchev–Trinajstić information content (AvgIpc) is 2.60. The van der Waals surface area contributed by atoms with E-state index >= 15 is 0 Å². The number of hydrogen-bond donors (Lipinski definition) is 1. The Balaban J connectivity index is 1.44. The van der Waals surface area contributed by atoms with Crippen LogP contribution < -0.4 is 5.32 Å². The first kappa shape index (κ1) is 18.0. The lowest BCUT2D eigenvalue weighted by Gasteiger charge is -2.31. The van der Waals surface area contributed by atoms with E-state index in [0.717, 1.165) is 49.5 Å². The highest BCUT2D eigenvalue weighted by molar-refractivity contribution is 6.30. The topological polar surface area (TPSA) is 32.3 Å². The van der Waals surface area contributed by atoms with E-state index < -0.39 is 0 Å². The second-order valence-electron chi connectivity index (χ2n) is 6.92. The maximum atomic E-state index is 12.3. The average molecular weight is 357 g/mol. The van der Waals surface area contributed by atoms with Gasteiger partial charge in [-0.2, -0.15) is 0 Å². The van der Waals surface area contributed by atoms with Crippen LogP contribution in [0.5, 0.6) is 0 Å². The highest BCUT2D eigenvalue weighted by Gasteiger charge is 2.21. The predicted molar refractivity (Wildman–Crippen MR) is 104 cm³/mol. The highest BCUT2D eigenvalue weighted by atomic mass is 35.5. The number of hydrogen-bond acceptors (Lipinski definition) is 2. The van der Waals surface area contributed by atoms with E-state index in [2.05, 4.69) is 40.5 Å². The Hall–Kier alpha value is -1.84. The third-order valence-electron chi connectivity index (χ3n) is 4.90. The molecule has 0 unspecified atom stereocenters. The third kappa shape index (κ3) is 5.32. The van der Waals surface area contributed by atoms with E-state index in [-0.39, 0.29) is 5.91 Å². The van der Waals surface area contributed by atoms with Crippen molar-refractivity contribution in [3.63, 3.8) is 0 Å². The van der Waals surface area contributed by atoms with Crippen molar-refractivity contribution >= 4 is 23.2 Å². The van der Waals surface area contributed by atoms with Gasteiger partial charge in [0.15, 0.2) is 0 Å². The molecule has 0 aromatic heterocycles. The third-order valence-corrected chi connectivity index (χ3v) is 5.14. The molecule has 4 heteroatoms. The van der Waals surface area contributed by atoms with Crippen LogP contribution in [-0.4, -0.2) is 30.4 Å². The van der Waals surface area contributed by atoms with Crippen molar-refractivity contribution in [3.05, 3.63) is 64.7 Å². The molecular weight excluding hydrogens is 332 g/mol. The van der Waals surface area contributed by atoms with Crippen molar-refractivity contribution in [2.75, 3.05) is 25.0 Å². The summed E-state index contributed by atoms with van der Waals surface area (Å²) in [5, 5.41) is 3.69. The molecule has 1 aliphatic heterocycles. The van der Waals surface area contributed by atoms with Crippen molar-refractivity contribution in [3.8, 4) is 0 Å². The molecule has 0 bridgehead atoms. The summed E-state index contributed by atoms with van der Waals surface area (Å²) in [4.78, 5) is 14.6. The molecule has 2 aromatic rings. The molecule has 1 heterocycles. The van der Waals surface area contributed by atoms with Crippen LogP contribution in [0.4, 0.5) is 5.69 Å². The van der Waals surface area contributed by atoms with Crippen molar-refractivity contribution in [1.29, 1.82) is 0 Å². The molecule has 1 fully saturated rings. The summed E-state index contributed by atoms with van der Waals surface area (Å²) in [5.41, 5.74) is 3.24. The summed E-state index contributed by atoms with van der Waals surface area (Å²) in [6.07, 6.45) is 3.45.